The van der Waals surface area contributed by atoms with Crippen molar-refractivity contribution in [1.29, 1.82) is 0 Å². The Bertz CT molecular complexity index is 158. The lowest BCUT2D eigenvalue weighted by molar-refractivity contribution is -0.138. The zero-order valence-corrected chi connectivity index (χ0v) is 7.10. The van der Waals surface area contributed by atoms with E-state index in [1.807, 2.05) is 0 Å². The number of hydrogen-bond acceptors (Lipinski definition) is 3. The van der Waals surface area contributed by atoms with Crippen molar-refractivity contribution in [3.63, 3.8) is 0 Å². The van der Waals surface area contributed by atoms with E-state index in [4.69, 9.17) is 5.11 Å². The summed E-state index contributed by atoms with van der Waals surface area (Å²) in [5.41, 5.74) is 0. The number of carbonyl (C=O) groups excluding carboxylic acids is 1. The van der Waals surface area contributed by atoms with E-state index in [1.165, 1.54) is 0 Å². The molecule has 0 aliphatic heterocycles. The third-order valence-corrected chi connectivity index (χ3v) is 1.06. The molecule has 1 unspecified atom stereocenters. The van der Waals surface area contributed by atoms with Gasteiger partial charge in [0, 0.05) is 6.42 Å². The highest BCUT2D eigenvalue weighted by molar-refractivity contribution is 7.80. The molecule has 0 aliphatic rings. The van der Waals surface area contributed by atoms with Crippen LogP contribution in [-0.2, 0) is 9.59 Å². The fourth-order valence-corrected chi connectivity index (χ4v) is 0.670. The second-order valence-electron chi connectivity index (χ2n) is 2.14. The molecule has 1 amide bonds. The Morgan fingerprint density at radius 2 is 2.09 bits per heavy atom. The van der Waals surface area contributed by atoms with Crippen LogP contribution in [0.1, 0.15) is 19.8 Å². The molecule has 5 heteroatoms. The standard InChI is InChI=1S/C6H11NO3S/c1-4(11)7-5(8)2-3-6(9)10/h4,11H,2-3H2,1H3,(H,7,8)(H,9,10). The van der Waals surface area contributed by atoms with Gasteiger partial charge in [-0.15, -0.1) is 0 Å². The van der Waals surface area contributed by atoms with Crippen LogP contribution in [0.4, 0.5) is 0 Å². The van der Waals surface area contributed by atoms with Crippen molar-refractivity contribution in [1.82, 2.24) is 5.32 Å². The lowest BCUT2D eigenvalue weighted by atomic mass is 10.3. The molecular weight excluding hydrogens is 166 g/mol. The van der Waals surface area contributed by atoms with Crippen molar-refractivity contribution in [3.8, 4) is 0 Å². The van der Waals surface area contributed by atoms with Gasteiger partial charge in [0.25, 0.3) is 0 Å². The zero-order valence-electron chi connectivity index (χ0n) is 6.20. The van der Waals surface area contributed by atoms with Crippen LogP contribution in [0.15, 0.2) is 0 Å². The molecule has 64 valence electrons. The van der Waals surface area contributed by atoms with E-state index in [0.717, 1.165) is 0 Å². The summed E-state index contributed by atoms with van der Waals surface area (Å²) in [6.07, 6.45) is -0.118. The van der Waals surface area contributed by atoms with Crippen LogP contribution in [0.2, 0.25) is 0 Å². The maximum Gasteiger partial charge on any atom is 0.303 e. The van der Waals surface area contributed by atoms with E-state index in [-0.39, 0.29) is 24.1 Å². The van der Waals surface area contributed by atoms with Crippen molar-refractivity contribution < 1.29 is 14.7 Å². The van der Waals surface area contributed by atoms with Gasteiger partial charge in [-0.05, 0) is 6.92 Å². The van der Waals surface area contributed by atoms with E-state index < -0.39 is 5.97 Å². The number of carbonyl (C=O) groups is 2. The molecule has 0 spiro atoms. The van der Waals surface area contributed by atoms with Crippen LogP contribution in [0, 0.1) is 0 Å². The number of carboxylic acid groups (broad SMARTS) is 1. The number of aliphatic carboxylic acids is 1. The van der Waals surface area contributed by atoms with Gasteiger partial charge < -0.3 is 10.4 Å². The van der Waals surface area contributed by atoms with Gasteiger partial charge in [-0.2, -0.15) is 12.6 Å². The molecule has 0 aromatic rings. The first kappa shape index (κ1) is 10.3. The highest BCUT2D eigenvalue weighted by Gasteiger charge is 2.05. The van der Waals surface area contributed by atoms with Gasteiger partial charge in [0.15, 0.2) is 0 Å². The number of hydrogen-bond donors (Lipinski definition) is 3. The Labute approximate surface area is 70.4 Å². The average molecular weight is 177 g/mol. The molecule has 0 rings (SSSR count). The Morgan fingerprint density at radius 3 is 2.45 bits per heavy atom. The molecule has 2 N–H and O–H groups in total. The fourth-order valence-electron chi connectivity index (χ4n) is 0.526. The third kappa shape index (κ3) is 7.18. The molecule has 0 aromatic heterocycles. The fraction of sp³-hybridized carbons (Fsp3) is 0.667. The molecule has 0 radical (unpaired) electrons. The Morgan fingerprint density at radius 1 is 1.55 bits per heavy atom. The molecule has 0 heterocycles. The predicted molar refractivity (Wildman–Crippen MR) is 43.5 cm³/mol. The minimum Gasteiger partial charge on any atom is -0.481 e. The highest BCUT2D eigenvalue weighted by Crippen LogP contribution is 1.92. The lowest BCUT2D eigenvalue weighted by Crippen LogP contribution is -2.28. The average Bonchev–Trinajstić information content (AvgIpc) is 1.82. The van der Waals surface area contributed by atoms with E-state index in [9.17, 15) is 9.59 Å². The van der Waals surface area contributed by atoms with Crippen LogP contribution in [0.5, 0.6) is 0 Å². The first-order valence-corrected chi connectivity index (χ1v) is 3.73. The topological polar surface area (TPSA) is 66.4 Å². The van der Waals surface area contributed by atoms with Gasteiger partial charge in [0.1, 0.15) is 0 Å². The quantitative estimate of drug-likeness (QED) is 0.426. The zero-order chi connectivity index (χ0) is 8.85. The highest BCUT2D eigenvalue weighted by atomic mass is 32.1. The molecular formula is C6H11NO3S. The largest absolute Gasteiger partial charge is 0.481 e. The molecule has 0 saturated heterocycles. The minimum absolute atomic E-state index is 0.0141. The number of amides is 1. The monoisotopic (exact) mass is 177 g/mol. The van der Waals surface area contributed by atoms with Crippen molar-refractivity contribution in [3.05, 3.63) is 0 Å². The summed E-state index contributed by atoms with van der Waals surface area (Å²) in [5, 5.41) is 10.4. The Balaban J connectivity index is 3.45. The molecule has 1 atom stereocenters. The van der Waals surface area contributed by atoms with Crippen LogP contribution < -0.4 is 5.32 Å². The van der Waals surface area contributed by atoms with Gasteiger partial charge in [0.2, 0.25) is 5.91 Å². The van der Waals surface area contributed by atoms with E-state index in [2.05, 4.69) is 17.9 Å². The molecule has 4 nitrogen and oxygen atoms in total. The first-order chi connectivity index (χ1) is 5.02. The molecule has 11 heavy (non-hydrogen) atoms. The molecule has 0 saturated carbocycles. The second kappa shape index (κ2) is 5.01. The van der Waals surface area contributed by atoms with Crippen LogP contribution >= 0.6 is 12.6 Å². The number of thiol groups is 1. The van der Waals surface area contributed by atoms with Gasteiger partial charge >= 0.3 is 5.97 Å². The van der Waals surface area contributed by atoms with E-state index in [0.29, 0.717) is 0 Å². The Kier molecular flexibility index (Phi) is 4.69. The normalized spacial score (nSPS) is 12.2. The lowest BCUT2D eigenvalue weighted by Gasteiger charge is -2.05. The summed E-state index contributed by atoms with van der Waals surface area (Å²) in [6.45, 7) is 1.70. The van der Waals surface area contributed by atoms with E-state index in [1.54, 1.807) is 6.92 Å². The molecule has 0 aromatic carbocycles. The second-order valence-corrected chi connectivity index (χ2v) is 2.91. The summed E-state index contributed by atoms with van der Waals surface area (Å²) in [7, 11) is 0. The first-order valence-electron chi connectivity index (χ1n) is 3.21. The number of rotatable bonds is 4. The smallest absolute Gasteiger partial charge is 0.303 e. The van der Waals surface area contributed by atoms with Gasteiger partial charge in [-0.1, -0.05) is 0 Å². The summed E-state index contributed by atoms with van der Waals surface area (Å²) in [6, 6.07) is 0. The van der Waals surface area contributed by atoms with Crippen molar-refractivity contribution in [2.75, 3.05) is 0 Å². The Hall–Kier alpha value is -0.710. The van der Waals surface area contributed by atoms with Crippen molar-refractivity contribution in [2.45, 2.75) is 25.1 Å². The SMILES string of the molecule is CC(S)NC(=O)CCC(=O)O. The van der Waals surface area contributed by atoms with Crippen molar-refractivity contribution >= 4 is 24.5 Å². The summed E-state index contributed by atoms with van der Waals surface area (Å²) >= 11 is 3.90. The van der Waals surface area contributed by atoms with E-state index >= 15 is 0 Å². The van der Waals surface area contributed by atoms with Crippen molar-refractivity contribution in [2.24, 2.45) is 0 Å². The summed E-state index contributed by atoms with van der Waals surface area (Å²) in [5.74, 6) is -1.25. The molecule has 0 fully saturated rings. The van der Waals surface area contributed by atoms with Gasteiger partial charge in [-0.25, -0.2) is 0 Å². The van der Waals surface area contributed by atoms with Crippen LogP contribution in [0.25, 0.3) is 0 Å². The van der Waals surface area contributed by atoms with Crippen LogP contribution in [-0.4, -0.2) is 22.4 Å². The molecule has 0 bridgehead atoms. The minimum atomic E-state index is -0.966. The number of carboxylic acids is 1. The maximum atomic E-state index is 10.7. The summed E-state index contributed by atoms with van der Waals surface area (Å²) < 4.78 is 0. The third-order valence-electron chi connectivity index (χ3n) is 0.936. The summed E-state index contributed by atoms with van der Waals surface area (Å²) in [4.78, 5) is 20.7. The number of nitrogens with one attached hydrogen (secondary N) is 1. The maximum absolute atomic E-state index is 10.7. The van der Waals surface area contributed by atoms with Crippen LogP contribution in [0.3, 0.4) is 0 Å². The van der Waals surface area contributed by atoms with Gasteiger partial charge in [-0.3, -0.25) is 9.59 Å². The van der Waals surface area contributed by atoms with Gasteiger partial charge in [0.05, 0.1) is 11.8 Å². The molecule has 0 aliphatic carbocycles. The predicted octanol–water partition coefficient (Wildman–Crippen LogP) is 0.243.